The fourth-order valence-corrected chi connectivity index (χ4v) is 4.51. The lowest BCUT2D eigenvalue weighted by atomic mass is 9.89. The first-order valence-corrected chi connectivity index (χ1v) is 8.50. The molecule has 0 aromatic rings. The van der Waals surface area contributed by atoms with Gasteiger partial charge >= 0.3 is 0 Å². The molecule has 2 saturated heterocycles. The Morgan fingerprint density at radius 2 is 1.81 bits per heavy atom. The molecule has 2 unspecified atom stereocenters. The maximum Gasteiger partial charge on any atom is 0.249 e. The van der Waals surface area contributed by atoms with Gasteiger partial charge in [0.1, 0.15) is 11.6 Å². The van der Waals surface area contributed by atoms with Crippen LogP contribution in [0.1, 0.15) is 51.9 Å². The second kappa shape index (κ2) is 4.70. The summed E-state index contributed by atoms with van der Waals surface area (Å²) in [5.74, 6) is 0.233. The summed E-state index contributed by atoms with van der Waals surface area (Å²) >= 11 is 0. The number of amides is 2. The minimum absolute atomic E-state index is 0.0429. The van der Waals surface area contributed by atoms with Gasteiger partial charge in [-0.05, 0) is 39.0 Å². The molecule has 2 heterocycles. The van der Waals surface area contributed by atoms with E-state index in [0.717, 1.165) is 51.2 Å². The third-order valence-electron chi connectivity index (χ3n) is 5.91. The van der Waals surface area contributed by atoms with Crippen molar-refractivity contribution in [3.63, 3.8) is 0 Å². The van der Waals surface area contributed by atoms with E-state index in [4.69, 9.17) is 0 Å². The zero-order valence-corrected chi connectivity index (χ0v) is 12.8. The van der Waals surface area contributed by atoms with Crippen LogP contribution in [0.15, 0.2) is 0 Å². The molecule has 4 aliphatic rings. The molecular weight excluding hydrogens is 266 g/mol. The van der Waals surface area contributed by atoms with E-state index < -0.39 is 5.54 Å². The van der Waals surface area contributed by atoms with Crippen LogP contribution in [-0.2, 0) is 9.59 Å². The van der Waals surface area contributed by atoms with Crippen molar-refractivity contribution in [2.75, 3.05) is 13.1 Å². The lowest BCUT2D eigenvalue weighted by molar-refractivity contribution is -0.156. The van der Waals surface area contributed by atoms with Crippen molar-refractivity contribution in [1.29, 1.82) is 0 Å². The molecule has 1 N–H and O–H groups in total. The van der Waals surface area contributed by atoms with Crippen LogP contribution in [0.4, 0.5) is 0 Å². The topological polar surface area (TPSA) is 52.7 Å². The van der Waals surface area contributed by atoms with Crippen molar-refractivity contribution in [3.8, 4) is 0 Å². The summed E-state index contributed by atoms with van der Waals surface area (Å²) in [6, 6.07) is 0.670. The third-order valence-corrected chi connectivity index (χ3v) is 5.91. The van der Waals surface area contributed by atoms with Gasteiger partial charge in [-0.2, -0.15) is 0 Å². The van der Waals surface area contributed by atoms with Gasteiger partial charge in [0.15, 0.2) is 0 Å². The first-order chi connectivity index (χ1) is 10.1. The van der Waals surface area contributed by atoms with E-state index >= 15 is 0 Å². The Hall–Kier alpha value is -1.10. The van der Waals surface area contributed by atoms with Crippen LogP contribution in [0, 0.1) is 0 Å². The van der Waals surface area contributed by atoms with E-state index in [-0.39, 0.29) is 23.9 Å². The minimum atomic E-state index is -0.573. The molecule has 2 atom stereocenters. The molecular formula is C16H25N3O2. The predicted molar refractivity (Wildman–Crippen MR) is 78.6 cm³/mol. The van der Waals surface area contributed by atoms with E-state index in [2.05, 4.69) is 10.2 Å². The lowest BCUT2D eigenvalue weighted by Crippen LogP contribution is -2.70. The highest BCUT2D eigenvalue weighted by Crippen LogP contribution is 2.37. The van der Waals surface area contributed by atoms with Gasteiger partial charge in [0, 0.05) is 25.2 Å². The predicted octanol–water partition coefficient (Wildman–Crippen LogP) is 0.883. The first kappa shape index (κ1) is 13.6. The zero-order valence-electron chi connectivity index (χ0n) is 12.8. The lowest BCUT2D eigenvalue weighted by Gasteiger charge is -2.46. The normalized spacial score (nSPS) is 36.5. The number of carbonyl (C=O) groups excluding carboxylic acids is 2. The van der Waals surface area contributed by atoms with Crippen LogP contribution >= 0.6 is 0 Å². The quantitative estimate of drug-likeness (QED) is 0.822. The van der Waals surface area contributed by atoms with Crippen LogP contribution in [-0.4, -0.2) is 58.4 Å². The minimum Gasteiger partial charge on any atom is -0.340 e. The summed E-state index contributed by atoms with van der Waals surface area (Å²) in [6.07, 6.45) is 7.37. The molecule has 21 heavy (non-hydrogen) atoms. The highest BCUT2D eigenvalue weighted by atomic mass is 16.2. The summed E-state index contributed by atoms with van der Waals surface area (Å²) in [6.45, 7) is 3.93. The molecule has 5 nitrogen and oxygen atoms in total. The third kappa shape index (κ3) is 2.08. The molecule has 5 heteroatoms. The Balaban J connectivity index is 1.56. The Kier molecular flexibility index (Phi) is 3.03. The molecule has 4 fully saturated rings. The van der Waals surface area contributed by atoms with Crippen molar-refractivity contribution >= 4 is 11.8 Å². The Labute approximate surface area is 126 Å². The standard InChI is InChI=1S/C16H25N3O2/c1-11-14(20)17-16(7-2-3-8-16)15(21)19(11)13-6-9-18(10-13)12-4-5-12/h11-13H,2-10H2,1H3,(H,17,20). The summed E-state index contributed by atoms with van der Waals surface area (Å²) < 4.78 is 0. The molecule has 2 aliphatic heterocycles. The van der Waals surface area contributed by atoms with Crippen LogP contribution in [0.3, 0.4) is 0 Å². The summed E-state index contributed by atoms with van der Waals surface area (Å²) in [5, 5.41) is 3.05. The maximum absolute atomic E-state index is 13.1. The number of nitrogens with zero attached hydrogens (tertiary/aromatic N) is 2. The van der Waals surface area contributed by atoms with E-state index in [1.54, 1.807) is 0 Å². The average Bonchev–Trinajstić information content (AvgIpc) is 3.01. The maximum atomic E-state index is 13.1. The summed E-state index contributed by atoms with van der Waals surface area (Å²) in [7, 11) is 0. The van der Waals surface area contributed by atoms with Gasteiger partial charge in [-0.1, -0.05) is 12.8 Å². The van der Waals surface area contributed by atoms with E-state index in [1.165, 1.54) is 12.8 Å². The van der Waals surface area contributed by atoms with Crippen LogP contribution in [0.2, 0.25) is 0 Å². The number of likely N-dealkylation sites (tertiary alicyclic amines) is 1. The SMILES string of the molecule is CC1C(=O)NC2(CCCC2)C(=O)N1C1CCN(C2CC2)C1. The monoisotopic (exact) mass is 291 g/mol. The number of rotatable bonds is 2. The van der Waals surface area contributed by atoms with Crippen molar-refractivity contribution in [2.45, 2.75) is 75.5 Å². The van der Waals surface area contributed by atoms with Gasteiger partial charge in [0.25, 0.3) is 0 Å². The second-order valence-corrected chi connectivity index (χ2v) is 7.34. The summed E-state index contributed by atoms with van der Waals surface area (Å²) in [4.78, 5) is 29.9. The number of hydrogen-bond acceptors (Lipinski definition) is 3. The zero-order chi connectivity index (χ0) is 14.6. The first-order valence-electron chi connectivity index (χ1n) is 8.50. The number of nitrogens with one attached hydrogen (secondary N) is 1. The fourth-order valence-electron chi connectivity index (χ4n) is 4.51. The molecule has 2 amide bonds. The van der Waals surface area contributed by atoms with E-state index in [9.17, 15) is 9.59 Å². The number of piperazine rings is 1. The fraction of sp³-hybridized carbons (Fsp3) is 0.875. The molecule has 0 aromatic heterocycles. The van der Waals surface area contributed by atoms with Crippen molar-refractivity contribution in [2.24, 2.45) is 0 Å². The van der Waals surface area contributed by atoms with Gasteiger partial charge < -0.3 is 10.2 Å². The number of carbonyl (C=O) groups is 2. The highest BCUT2D eigenvalue weighted by molar-refractivity contribution is 6.00. The molecule has 116 valence electrons. The largest absolute Gasteiger partial charge is 0.340 e. The van der Waals surface area contributed by atoms with Gasteiger partial charge in [0.05, 0.1) is 0 Å². The highest BCUT2D eigenvalue weighted by Gasteiger charge is 2.53. The van der Waals surface area contributed by atoms with Crippen LogP contribution < -0.4 is 5.32 Å². The van der Waals surface area contributed by atoms with Crippen LogP contribution in [0.25, 0.3) is 0 Å². The van der Waals surface area contributed by atoms with Crippen molar-refractivity contribution in [1.82, 2.24) is 15.1 Å². The summed E-state index contributed by atoms with van der Waals surface area (Å²) in [5.41, 5.74) is -0.573. The van der Waals surface area contributed by atoms with Crippen LogP contribution in [0.5, 0.6) is 0 Å². The van der Waals surface area contributed by atoms with Gasteiger partial charge in [-0.3, -0.25) is 14.5 Å². The molecule has 1 spiro atoms. The molecule has 0 aromatic carbocycles. The van der Waals surface area contributed by atoms with Crippen molar-refractivity contribution < 1.29 is 9.59 Å². The smallest absolute Gasteiger partial charge is 0.249 e. The molecule has 4 rings (SSSR count). The van der Waals surface area contributed by atoms with E-state index in [0.29, 0.717) is 0 Å². The number of hydrogen-bond donors (Lipinski definition) is 1. The van der Waals surface area contributed by atoms with Gasteiger partial charge in [-0.25, -0.2) is 0 Å². The molecule has 2 aliphatic carbocycles. The second-order valence-electron chi connectivity index (χ2n) is 7.34. The Bertz CT molecular complexity index is 468. The average molecular weight is 291 g/mol. The molecule has 2 saturated carbocycles. The van der Waals surface area contributed by atoms with Gasteiger partial charge in [0.2, 0.25) is 11.8 Å². The van der Waals surface area contributed by atoms with Gasteiger partial charge in [-0.15, -0.1) is 0 Å². The Morgan fingerprint density at radius 1 is 1.10 bits per heavy atom. The van der Waals surface area contributed by atoms with E-state index in [1.807, 2.05) is 11.8 Å². The molecule has 0 bridgehead atoms. The molecule has 0 radical (unpaired) electrons. The van der Waals surface area contributed by atoms with Crippen molar-refractivity contribution in [3.05, 3.63) is 0 Å². The Morgan fingerprint density at radius 3 is 2.48 bits per heavy atom.